The van der Waals surface area contributed by atoms with Crippen LogP contribution >= 0.6 is 0 Å². The standard InChI is InChI=1S/C89H58N14/c1-3-73(103-76-54-67(88-98-82(61-36-20-8-21-37-61)92-83(99-88)62-38-22-9-23-39-62)46-50-71(76)72-51-47-68(55-77(72)103)89-100-84(63-40-24-10-25-41-63)93-85(101-89)64-42-26-11-27-43-64)56(2)102-74-52-65(86-94-78(57-28-12-4-13-29-57)90-79(95-86)58-30-14-5-15-31-58)44-48-69(74)70-49-45-66(53-75(70)102)87-96-80(59-32-16-6-17-33-59)91-81(97-87)60-34-18-7-19-35-60/h3-55H,1H2,2H3/b73-56-. The van der Waals surface area contributed by atoms with Gasteiger partial charge in [-0.1, -0.05) is 298 Å². The van der Waals surface area contributed by atoms with Crippen molar-refractivity contribution in [2.75, 3.05) is 0 Å². The van der Waals surface area contributed by atoms with E-state index in [1.807, 2.05) is 249 Å². The Labute approximate surface area is 592 Å². The molecule has 6 heterocycles. The third kappa shape index (κ3) is 11.6. The lowest BCUT2D eigenvalue weighted by atomic mass is 10.1. The van der Waals surface area contributed by atoms with Gasteiger partial charge >= 0.3 is 0 Å². The van der Waals surface area contributed by atoms with Gasteiger partial charge in [0.05, 0.1) is 27.8 Å². The van der Waals surface area contributed by atoms with Gasteiger partial charge in [-0.2, -0.15) is 0 Å². The molecule has 0 aliphatic heterocycles. The summed E-state index contributed by atoms with van der Waals surface area (Å²) in [6, 6.07) is 106. The number of hydrogen-bond acceptors (Lipinski definition) is 12. The molecule has 14 heteroatoms. The molecule has 0 amide bonds. The van der Waals surface area contributed by atoms with Gasteiger partial charge in [-0.3, -0.25) is 0 Å². The summed E-state index contributed by atoms with van der Waals surface area (Å²) in [5, 5.41) is 3.93. The molecule has 0 spiro atoms. The maximum atomic E-state index is 5.26. The Hall–Kier alpha value is -14.2. The molecule has 0 N–H and O–H groups in total. The quantitative estimate of drug-likeness (QED) is 0.0894. The third-order valence-electron chi connectivity index (χ3n) is 18.5. The van der Waals surface area contributed by atoms with Gasteiger partial charge in [-0.25, -0.2) is 59.8 Å². The maximum absolute atomic E-state index is 5.26. The molecule has 18 aromatic rings. The van der Waals surface area contributed by atoms with Crippen molar-refractivity contribution in [3.8, 4) is 137 Å². The Bertz CT molecular complexity index is 5690. The second-order valence-corrected chi connectivity index (χ2v) is 24.9. The smallest absolute Gasteiger partial charge is 0.164 e. The minimum absolute atomic E-state index is 0.510. The van der Waals surface area contributed by atoms with Crippen molar-refractivity contribution < 1.29 is 0 Å². The zero-order valence-corrected chi connectivity index (χ0v) is 55.6. The zero-order chi connectivity index (χ0) is 68.7. The molecule has 103 heavy (non-hydrogen) atoms. The Morgan fingerprint density at radius 3 is 0.553 bits per heavy atom. The first-order valence-electron chi connectivity index (χ1n) is 33.9. The molecule has 484 valence electrons. The Balaban J connectivity index is 0.915. The average molecular weight is 1320 g/mol. The highest BCUT2D eigenvalue weighted by molar-refractivity contribution is 6.16. The second kappa shape index (κ2) is 26.2. The fourth-order valence-electron chi connectivity index (χ4n) is 13.5. The molecule has 0 saturated carbocycles. The van der Waals surface area contributed by atoms with Crippen LogP contribution in [0.1, 0.15) is 6.92 Å². The summed E-state index contributed by atoms with van der Waals surface area (Å²) in [7, 11) is 0. The molecular formula is C89H58N14. The Morgan fingerprint density at radius 1 is 0.214 bits per heavy atom. The first-order valence-corrected chi connectivity index (χ1v) is 33.9. The number of fused-ring (bicyclic) bond motifs is 6. The lowest BCUT2D eigenvalue weighted by molar-refractivity contribution is 1.07. The summed E-state index contributed by atoms with van der Waals surface area (Å²) in [6.07, 6.45) is 1.95. The highest BCUT2D eigenvalue weighted by Gasteiger charge is 2.25. The Kier molecular flexibility index (Phi) is 15.6. The van der Waals surface area contributed by atoms with Crippen molar-refractivity contribution >= 4 is 55.0 Å². The molecule has 0 radical (unpaired) electrons. The van der Waals surface area contributed by atoms with Crippen LogP contribution in [-0.4, -0.2) is 68.9 Å². The van der Waals surface area contributed by atoms with Crippen LogP contribution in [0.15, 0.2) is 328 Å². The summed E-state index contributed by atoms with van der Waals surface area (Å²) in [6.45, 7) is 6.89. The minimum atomic E-state index is 0.510. The van der Waals surface area contributed by atoms with Gasteiger partial charge in [0.1, 0.15) is 0 Å². The first kappa shape index (κ1) is 61.1. The first-order chi connectivity index (χ1) is 50.9. The van der Waals surface area contributed by atoms with E-state index in [1.165, 1.54) is 0 Å². The summed E-state index contributed by atoms with van der Waals surface area (Å²) >= 11 is 0. The van der Waals surface area contributed by atoms with Crippen molar-refractivity contribution in [3.63, 3.8) is 0 Å². The normalized spacial score (nSPS) is 11.7. The van der Waals surface area contributed by atoms with E-state index in [2.05, 4.69) is 88.9 Å². The van der Waals surface area contributed by atoms with E-state index in [0.717, 1.165) is 122 Å². The SMILES string of the molecule is C=C/C(=C(\C)n1c2cc(-c3nc(-c4ccccc4)nc(-c4ccccc4)n3)ccc2c2ccc(-c3nc(-c4ccccc4)nc(-c4ccccc4)n3)cc21)n1c2cc(-c3nc(-c4ccccc4)nc(-c4ccccc4)n3)ccc2c2ccc(-c3nc(-c4ccccc4)nc(-c4ccccc4)n3)cc21. The fourth-order valence-corrected chi connectivity index (χ4v) is 13.5. The lowest BCUT2D eigenvalue weighted by Crippen LogP contribution is -2.04. The zero-order valence-electron chi connectivity index (χ0n) is 55.6. The second-order valence-electron chi connectivity index (χ2n) is 24.9. The van der Waals surface area contributed by atoms with Gasteiger partial charge in [-0.15, -0.1) is 0 Å². The number of benzene rings is 12. The average Bonchev–Trinajstić information content (AvgIpc) is 1.58. The highest BCUT2D eigenvalue weighted by Crippen LogP contribution is 2.43. The van der Waals surface area contributed by atoms with E-state index in [0.29, 0.717) is 69.9 Å². The molecular weight excluding hydrogens is 1270 g/mol. The molecule has 18 rings (SSSR count). The van der Waals surface area contributed by atoms with E-state index in [4.69, 9.17) is 66.4 Å². The van der Waals surface area contributed by atoms with Gasteiger partial charge < -0.3 is 9.13 Å². The number of hydrogen-bond donors (Lipinski definition) is 0. The van der Waals surface area contributed by atoms with Crippen LogP contribution < -0.4 is 0 Å². The van der Waals surface area contributed by atoms with Crippen molar-refractivity contribution in [1.29, 1.82) is 0 Å². The summed E-state index contributed by atoms with van der Waals surface area (Å²) in [4.78, 5) is 62.4. The number of rotatable bonds is 15. The highest BCUT2D eigenvalue weighted by atomic mass is 15.1. The molecule has 6 aromatic heterocycles. The maximum Gasteiger partial charge on any atom is 0.164 e. The van der Waals surface area contributed by atoms with E-state index in [1.54, 1.807) is 0 Å². The van der Waals surface area contributed by atoms with Gasteiger partial charge in [0.2, 0.25) is 0 Å². The predicted molar refractivity (Wildman–Crippen MR) is 413 cm³/mol. The predicted octanol–water partition coefficient (Wildman–Crippen LogP) is 20.7. The number of allylic oxidation sites excluding steroid dienone is 3. The van der Waals surface area contributed by atoms with Crippen LogP contribution in [0.2, 0.25) is 0 Å². The number of nitrogens with zero attached hydrogens (tertiary/aromatic N) is 14. The van der Waals surface area contributed by atoms with Gasteiger partial charge in [0.15, 0.2) is 69.9 Å². The van der Waals surface area contributed by atoms with Crippen LogP contribution in [0.25, 0.3) is 192 Å². The topological polar surface area (TPSA) is 165 Å². The molecule has 0 bridgehead atoms. The minimum Gasteiger partial charge on any atom is -0.311 e. The summed E-state index contributed by atoms with van der Waals surface area (Å²) in [5.74, 6) is 6.49. The third-order valence-corrected chi connectivity index (χ3v) is 18.5. The van der Waals surface area contributed by atoms with E-state index < -0.39 is 0 Å². The van der Waals surface area contributed by atoms with Crippen molar-refractivity contribution in [2.45, 2.75) is 6.92 Å². The molecule has 0 aliphatic carbocycles. The molecule has 0 saturated heterocycles. The molecule has 0 aliphatic rings. The van der Waals surface area contributed by atoms with Gasteiger partial charge in [-0.05, 0) is 37.3 Å². The van der Waals surface area contributed by atoms with Crippen LogP contribution in [0.5, 0.6) is 0 Å². The van der Waals surface area contributed by atoms with Crippen LogP contribution in [0.4, 0.5) is 0 Å². The fraction of sp³-hybridized carbons (Fsp3) is 0.0112. The Morgan fingerprint density at radius 2 is 0.379 bits per heavy atom. The monoisotopic (exact) mass is 1320 g/mol. The van der Waals surface area contributed by atoms with Crippen LogP contribution in [0, 0.1) is 0 Å². The summed E-state index contributed by atoms with van der Waals surface area (Å²) < 4.78 is 4.62. The van der Waals surface area contributed by atoms with Crippen LogP contribution in [-0.2, 0) is 0 Å². The largest absolute Gasteiger partial charge is 0.311 e. The van der Waals surface area contributed by atoms with Gasteiger partial charge in [0.25, 0.3) is 0 Å². The summed E-state index contributed by atoms with van der Waals surface area (Å²) in [5.41, 5.74) is 15.2. The number of aromatic nitrogens is 14. The van der Waals surface area contributed by atoms with E-state index in [-0.39, 0.29) is 0 Å². The van der Waals surface area contributed by atoms with Gasteiger partial charge in [0, 0.05) is 94.0 Å². The molecule has 14 nitrogen and oxygen atoms in total. The van der Waals surface area contributed by atoms with Crippen molar-refractivity contribution in [1.82, 2.24) is 68.9 Å². The van der Waals surface area contributed by atoms with Crippen LogP contribution in [0.3, 0.4) is 0 Å². The molecule has 0 atom stereocenters. The lowest BCUT2D eigenvalue weighted by Gasteiger charge is -2.17. The molecule has 12 aromatic carbocycles. The van der Waals surface area contributed by atoms with E-state index in [9.17, 15) is 0 Å². The van der Waals surface area contributed by atoms with Crippen molar-refractivity contribution in [3.05, 3.63) is 328 Å². The van der Waals surface area contributed by atoms with Crippen molar-refractivity contribution in [2.24, 2.45) is 0 Å². The van der Waals surface area contributed by atoms with E-state index >= 15 is 0 Å². The molecule has 0 fully saturated rings. The molecule has 0 unspecified atom stereocenters.